The third-order valence-corrected chi connectivity index (χ3v) is 6.47. The van der Waals surface area contributed by atoms with Crippen LogP contribution < -0.4 is 10.3 Å². The summed E-state index contributed by atoms with van der Waals surface area (Å²) >= 11 is 9.02. The van der Waals surface area contributed by atoms with Crippen LogP contribution in [0.3, 0.4) is 0 Å². The molecule has 0 radical (unpaired) electrons. The molecule has 4 heterocycles. The van der Waals surface area contributed by atoms with Crippen molar-refractivity contribution in [3.8, 4) is 21.9 Å². The van der Waals surface area contributed by atoms with E-state index in [2.05, 4.69) is 46.6 Å². The van der Waals surface area contributed by atoms with Crippen LogP contribution in [0.1, 0.15) is 26.3 Å². The van der Waals surface area contributed by atoms with Crippen molar-refractivity contribution in [1.82, 2.24) is 19.0 Å². The van der Waals surface area contributed by atoms with Crippen molar-refractivity contribution < 1.29 is 4.42 Å². The molecule has 7 nitrogen and oxygen atoms in total. The second-order valence-corrected chi connectivity index (χ2v) is 8.84. The van der Waals surface area contributed by atoms with E-state index in [0.717, 1.165) is 33.4 Å². The minimum atomic E-state index is -0.474. The van der Waals surface area contributed by atoms with Crippen molar-refractivity contribution in [2.75, 3.05) is 5.32 Å². The molecule has 0 spiro atoms. The first-order chi connectivity index (χ1) is 13.4. The minimum absolute atomic E-state index is 0.172. The average Bonchev–Trinajstić information content (AvgIpc) is 3.35. The largest absolute Gasteiger partial charge is 0.414 e. The van der Waals surface area contributed by atoms with Crippen LogP contribution in [-0.2, 0) is 0 Å². The molecule has 1 unspecified atom stereocenters. The van der Waals surface area contributed by atoms with Crippen LogP contribution in [0.25, 0.3) is 27.5 Å². The summed E-state index contributed by atoms with van der Waals surface area (Å²) in [6.45, 7) is 8.44. The SMILES string of the molecule is Cc1ccsc1-c1c(Cl)nc2c(-c3nsc(=O)o3)cnn2c1NC(C)C(C)C. The smallest absolute Gasteiger partial charge is 0.394 e. The van der Waals surface area contributed by atoms with Crippen molar-refractivity contribution in [2.45, 2.75) is 33.7 Å². The molecule has 0 aromatic carbocycles. The first kappa shape index (κ1) is 19.1. The molecule has 0 aliphatic carbocycles. The number of thiophene rings is 1. The molecule has 0 saturated carbocycles. The first-order valence-electron chi connectivity index (χ1n) is 8.72. The van der Waals surface area contributed by atoms with E-state index >= 15 is 0 Å². The number of aromatic nitrogens is 4. The van der Waals surface area contributed by atoms with Crippen molar-refractivity contribution in [2.24, 2.45) is 5.92 Å². The maximum Gasteiger partial charge on any atom is 0.414 e. The van der Waals surface area contributed by atoms with E-state index in [1.54, 1.807) is 22.0 Å². The molecule has 146 valence electrons. The molecular formula is C18H18ClN5O2S2. The molecule has 0 saturated heterocycles. The van der Waals surface area contributed by atoms with Gasteiger partial charge in [-0.1, -0.05) is 25.4 Å². The molecule has 0 fully saturated rings. The van der Waals surface area contributed by atoms with Crippen molar-refractivity contribution in [1.29, 1.82) is 0 Å². The zero-order valence-electron chi connectivity index (χ0n) is 15.7. The first-order valence-corrected chi connectivity index (χ1v) is 10.7. The predicted molar refractivity (Wildman–Crippen MR) is 114 cm³/mol. The van der Waals surface area contributed by atoms with Crippen LogP contribution >= 0.6 is 34.5 Å². The number of halogens is 1. The number of nitrogens with zero attached hydrogens (tertiary/aromatic N) is 4. The van der Waals surface area contributed by atoms with Crippen molar-refractivity contribution in [3.05, 3.63) is 38.1 Å². The molecule has 0 bridgehead atoms. The normalized spacial score (nSPS) is 12.8. The Morgan fingerprint density at radius 2 is 2.11 bits per heavy atom. The molecule has 4 aromatic rings. The van der Waals surface area contributed by atoms with Crippen LogP contribution in [0.4, 0.5) is 5.82 Å². The highest BCUT2D eigenvalue weighted by Crippen LogP contribution is 2.41. The van der Waals surface area contributed by atoms with E-state index in [1.165, 1.54) is 0 Å². The molecule has 1 N–H and O–H groups in total. The van der Waals surface area contributed by atoms with Gasteiger partial charge in [-0.2, -0.15) is 9.61 Å². The topological polar surface area (TPSA) is 85.3 Å². The van der Waals surface area contributed by atoms with E-state index in [1.807, 2.05) is 12.3 Å². The second kappa shape index (κ2) is 7.31. The lowest BCUT2D eigenvalue weighted by molar-refractivity contribution is 0.543. The highest BCUT2D eigenvalue weighted by atomic mass is 35.5. The molecule has 0 aliphatic rings. The van der Waals surface area contributed by atoms with Gasteiger partial charge in [0.15, 0.2) is 5.65 Å². The van der Waals surface area contributed by atoms with Crippen molar-refractivity contribution in [3.63, 3.8) is 0 Å². The Morgan fingerprint density at radius 1 is 1.32 bits per heavy atom. The summed E-state index contributed by atoms with van der Waals surface area (Å²) in [4.78, 5) is 16.6. The number of aryl methyl sites for hydroxylation is 1. The van der Waals surface area contributed by atoms with E-state index < -0.39 is 4.94 Å². The maximum atomic E-state index is 11.4. The summed E-state index contributed by atoms with van der Waals surface area (Å²) in [5, 5.41) is 10.4. The minimum Gasteiger partial charge on any atom is -0.394 e. The van der Waals surface area contributed by atoms with Crippen LogP contribution in [0.5, 0.6) is 0 Å². The highest BCUT2D eigenvalue weighted by molar-refractivity contribution is 7.13. The van der Waals surface area contributed by atoms with E-state index in [-0.39, 0.29) is 11.9 Å². The van der Waals surface area contributed by atoms with Gasteiger partial charge in [-0.3, -0.25) is 0 Å². The summed E-state index contributed by atoms with van der Waals surface area (Å²) in [6, 6.07) is 2.22. The monoisotopic (exact) mass is 435 g/mol. The lowest BCUT2D eigenvalue weighted by atomic mass is 10.1. The number of fused-ring (bicyclic) bond motifs is 1. The van der Waals surface area contributed by atoms with Gasteiger partial charge < -0.3 is 9.73 Å². The Balaban J connectivity index is 2.00. The van der Waals surface area contributed by atoms with Gasteiger partial charge in [-0.05, 0) is 36.8 Å². The van der Waals surface area contributed by atoms with E-state index in [0.29, 0.717) is 22.3 Å². The molecule has 0 aliphatic heterocycles. The molecule has 10 heteroatoms. The fourth-order valence-electron chi connectivity index (χ4n) is 2.76. The number of rotatable bonds is 5. The standard InChI is InChI=1S/C18H18ClN5O2S2/c1-8(2)10(4)21-16-12(13-9(3)5-6-27-13)14(19)22-15-11(7-20-24(15)16)17-23-28-18(25)26-17/h5-8,10,21H,1-4H3. The molecule has 4 aromatic heterocycles. The lowest BCUT2D eigenvalue weighted by Crippen LogP contribution is -2.24. The number of nitrogens with one attached hydrogen (secondary N) is 1. The summed E-state index contributed by atoms with van der Waals surface area (Å²) in [5.41, 5.74) is 2.93. The summed E-state index contributed by atoms with van der Waals surface area (Å²) in [7, 11) is 0. The van der Waals surface area contributed by atoms with Gasteiger partial charge in [-0.25, -0.2) is 9.78 Å². The van der Waals surface area contributed by atoms with Crippen LogP contribution in [0.15, 0.2) is 26.9 Å². The van der Waals surface area contributed by atoms with Crippen LogP contribution in [0.2, 0.25) is 5.15 Å². The van der Waals surface area contributed by atoms with Gasteiger partial charge in [-0.15, -0.1) is 15.7 Å². The summed E-state index contributed by atoms with van der Waals surface area (Å²) in [6.07, 6.45) is 1.59. The number of hydrogen-bond acceptors (Lipinski definition) is 8. The third kappa shape index (κ3) is 3.23. The number of anilines is 1. The van der Waals surface area contributed by atoms with E-state index in [4.69, 9.17) is 16.0 Å². The van der Waals surface area contributed by atoms with Crippen LogP contribution in [0, 0.1) is 12.8 Å². The molecule has 0 amide bonds. The maximum absolute atomic E-state index is 11.4. The average molecular weight is 436 g/mol. The van der Waals surface area contributed by atoms with E-state index in [9.17, 15) is 4.79 Å². The fraction of sp³-hybridized carbons (Fsp3) is 0.333. The summed E-state index contributed by atoms with van der Waals surface area (Å²) < 4.78 is 10.9. The van der Waals surface area contributed by atoms with Gasteiger partial charge in [0.2, 0.25) is 5.89 Å². The van der Waals surface area contributed by atoms with Crippen molar-refractivity contribution >= 4 is 45.9 Å². The Labute approximate surface area is 174 Å². The Kier molecular flexibility index (Phi) is 4.98. The highest BCUT2D eigenvalue weighted by Gasteiger charge is 2.24. The van der Waals surface area contributed by atoms with Gasteiger partial charge >= 0.3 is 4.94 Å². The molecular weight excluding hydrogens is 418 g/mol. The third-order valence-electron chi connectivity index (χ3n) is 4.67. The van der Waals surface area contributed by atoms with Gasteiger partial charge in [0, 0.05) is 10.9 Å². The molecule has 28 heavy (non-hydrogen) atoms. The Hall–Kier alpha value is -2.23. The quantitative estimate of drug-likeness (QED) is 0.446. The zero-order chi connectivity index (χ0) is 20.0. The second-order valence-electron chi connectivity index (χ2n) is 6.87. The van der Waals surface area contributed by atoms with Gasteiger partial charge in [0.25, 0.3) is 0 Å². The predicted octanol–water partition coefficient (Wildman–Crippen LogP) is 4.95. The molecule has 4 rings (SSSR count). The van der Waals surface area contributed by atoms with Gasteiger partial charge in [0.1, 0.15) is 16.5 Å². The lowest BCUT2D eigenvalue weighted by Gasteiger charge is -2.22. The molecule has 1 atom stereocenters. The fourth-order valence-corrected chi connectivity index (χ4v) is 4.46. The van der Waals surface area contributed by atoms with Gasteiger partial charge in [0.05, 0.1) is 23.3 Å². The Bertz CT molecular complexity index is 1210. The summed E-state index contributed by atoms with van der Waals surface area (Å²) in [5.74, 6) is 1.34. The Morgan fingerprint density at radius 3 is 2.71 bits per heavy atom. The zero-order valence-corrected chi connectivity index (χ0v) is 18.1. The number of hydrogen-bond donors (Lipinski definition) is 1. The van der Waals surface area contributed by atoms with Crippen LogP contribution in [-0.4, -0.2) is 25.0 Å².